The Labute approximate surface area is 195 Å². The van der Waals surface area contributed by atoms with Gasteiger partial charge in [-0.05, 0) is 31.4 Å². The second-order valence-electron chi connectivity index (χ2n) is 8.14. The van der Waals surface area contributed by atoms with Gasteiger partial charge in [-0.25, -0.2) is 0 Å². The molecular weight excluding hydrogens is 424 g/mol. The number of hydrogen-bond donors (Lipinski definition) is 3. The van der Waals surface area contributed by atoms with Gasteiger partial charge in [0.25, 0.3) is 0 Å². The zero-order chi connectivity index (χ0) is 24.2. The van der Waals surface area contributed by atoms with Crippen molar-refractivity contribution in [3.63, 3.8) is 0 Å². The summed E-state index contributed by atoms with van der Waals surface area (Å²) in [4.78, 5) is 23.5. The molecule has 0 saturated heterocycles. The van der Waals surface area contributed by atoms with Gasteiger partial charge in [-0.2, -0.15) is 0 Å². The maximum absolute atomic E-state index is 12.3. The molecule has 2 aromatic rings. The van der Waals surface area contributed by atoms with Crippen LogP contribution in [-0.4, -0.2) is 34.2 Å². The van der Waals surface area contributed by atoms with Crippen molar-refractivity contribution in [2.24, 2.45) is 0 Å². The molecule has 0 aromatic heterocycles. The van der Waals surface area contributed by atoms with E-state index in [-0.39, 0.29) is 35.0 Å². The highest BCUT2D eigenvalue weighted by atomic mass is 16.5. The molecule has 0 amide bonds. The van der Waals surface area contributed by atoms with Crippen molar-refractivity contribution >= 4 is 11.8 Å². The molecule has 180 valence electrons. The van der Waals surface area contributed by atoms with Crippen LogP contribution in [0.5, 0.6) is 28.7 Å². The van der Waals surface area contributed by atoms with Crippen molar-refractivity contribution in [1.82, 2.24) is 0 Å². The van der Waals surface area contributed by atoms with Crippen LogP contribution in [0, 0.1) is 0 Å². The Morgan fingerprint density at radius 3 is 1.97 bits per heavy atom. The van der Waals surface area contributed by atoms with Gasteiger partial charge in [-0.1, -0.05) is 44.6 Å². The first kappa shape index (κ1) is 26.0. The molecule has 33 heavy (non-hydrogen) atoms. The quantitative estimate of drug-likeness (QED) is 0.145. The highest BCUT2D eigenvalue weighted by molar-refractivity contribution is 6.01. The first-order valence-corrected chi connectivity index (χ1v) is 11.5. The Hall–Kier alpha value is -3.22. The van der Waals surface area contributed by atoms with E-state index < -0.39 is 5.97 Å². The lowest BCUT2D eigenvalue weighted by molar-refractivity contribution is -0.131. The topological polar surface area (TPSA) is 113 Å². The summed E-state index contributed by atoms with van der Waals surface area (Å²) in [5.41, 5.74) is 0.628. The number of methoxy groups -OCH3 is 1. The number of ether oxygens (including phenoxy) is 2. The molecule has 0 aliphatic heterocycles. The van der Waals surface area contributed by atoms with E-state index in [0.717, 1.165) is 44.9 Å². The number of unbranched alkanes of at least 4 members (excludes halogenated alkanes) is 7. The summed E-state index contributed by atoms with van der Waals surface area (Å²) in [6.45, 7) is 1.34. The van der Waals surface area contributed by atoms with Crippen LogP contribution in [0.1, 0.15) is 80.6 Å². The molecule has 0 spiro atoms. The predicted molar refractivity (Wildman–Crippen MR) is 125 cm³/mol. The molecule has 7 nitrogen and oxygen atoms in total. The number of ketones is 1. The Bertz CT molecular complexity index is 913. The standard InChI is InChI=1S/C26H34O7/c1-18(27)33-25-15-11-14-21(28)20(25)12-9-7-5-3-4-6-8-10-13-22(29)26-23(30)16-19(32-2)17-24(26)31/h11,14-17,28,30-31H,3-10,12-13H2,1-2H3. The van der Waals surface area contributed by atoms with Crippen LogP contribution in [0.25, 0.3) is 0 Å². The van der Waals surface area contributed by atoms with Gasteiger partial charge >= 0.3 is 5.97 Å². The number of esters is 1. The van der Waals surface area contributed by atoms with E-state index in [4.69, 9.17) is 9.47 Å². The predicted octanol–water partition coefficient (Wildman–Crippen LogP) is 5.67. The van der Waals surface area contributed by atoms with E-state index in [1.54, 1.807) is 18.2 Å². The molecule has 7 heteroatoms. The van der Waals surface area contributed by atoms with Crippen molar-refractivity contribution < 1.29 is 34.4 Å². The molecule has 0 heterocycles. The first-order valence-electron chi connectivity index (χ1n) is 11.5. The minimum Gasteiger partial charge on any atom is -0.508 e. The maximum Gasteiger partial charge on any atom is 0.308 e. The Morgan fingerprint density at radius 2 is 1.39 bits per heavy atom. The van der Waals surface area contributed by atoms with Crippen molar-refractivity contribution in [3.8, 4) is 28.7 Å². The lowest BCUT2D eigenvalue weighted by Crippen LogP contribution is -2.04. The third-order valence-electron chi connectivity index (χ3n) is 5.53. The first-order chi connectivity index (χ1) is 15.8. The molecule has 2 rings (SSSR count). The van der Waals surface area contributed by atoms with E-state index in [1.807, 2.05) is 0 Å². The van der Waals surface area contributed by atoms with Crippen molar-refractivity contribution in [2.45, 2.75) is 71.1 Å². The molecule has 0 atom stereocenters. The molecule has 0 saturated carbocycles. The summed E-state index contributed by atoms with van der Waals surface area (Å²) >= 11 is 0. The van der Waals surface area contributed by atoms with Crippen LogP contribution in [-0.2, 0) is 11.2 Å². The van der Waals surface area contributed by atoms with Crippen molar-refractivity contribution in [1.29, 1.82) is 0 Å². The largest absolute Gasteiger partial charge is 0.508 e. The van der Waals surface area contributed by atoms with Gasteiger partial charge in [-0.3, -0.25) is 9.59 Å². The van der Waals surface area contributed by atoms with Crippen LogP contribution >= 0.6 is 0 Å². The third kappa shape index (κ3) is 8.33. The Balaban J connectivity index is 1.59. The molecule has 3 N–H and O–H groups in total. The molecule has 0 aliphatic rings. The van der Waals surface area contributed by atoms with Crippen LogP contribution in [0.15, 0.2) is 30.3 Å². The highest BCUT2D eigenvalue weighted by Crippen LogP contribution is 2.34. The highest BCUT2D eigenvalue weighted by Gasteiger charge is 2.17. The number of hydrogen-bond acceptors (Lipinski definition) is 7. The SMILES string of the molecule is COc1cc(O)c(C(=O)CCCCCCCCCCc2c(O)cccc2OC(C)=O)c(O)c1. The van der Waals surface area contributed by atoms with E-state index in [9.17, 15) is 24.9 Å². The average molecular weight is 459 g/mol. The van der Waals surface area contributed by atoms with Crippen molar-refractivity contribution in [2.75, 3.05) is 7.11 Å². The molecular formula is C26H34O7. The van der Waals surface area contributed by atoms with Crippen LogP contribution in [0.3, 0.4) is 0 Å². The van der Waals surface area contributed by atoms with Gasteiger partial charge < -0.3 is 24.8 Å². The van der Waals surface area contributed by atoms with Gasteiger partial charge in [0.15, 0.2) is 5.78 Å². The summed E-state index contributed by atoms with van der Waals surface area (Å²) < 4.78 is 10.1. The number of carbonyl (C=O) groups is 2. The van der Waals surface area contributed by atoms with E-state index in [1.165, 1.54) is 26.2 Å². The monoisotopic (exact) mass is 458 g/mol. The molecule has 0 radical (unpaired) electrons. The zero-order valence-electron chi connectivity index (χ0n) is 19.4. The van der Waals surface area contributed by atoms with Gasteiger partial charge in [0, 0.05) is 31.0 Å². The average Bonchev–Trinajstić information content (AvgIpc) is 2.75. The smallest absolute Gasteiger partial charge is 0.308 e. The number of carbonyl (C=O) groups excluding carboxylic acids is 2. The normalized spacial score (nSPS) is 10.7. The summed E-state index contributed by atoms with van der Waals surface area (Å²) in [6.07, 6.45) is 8.71. The zero-order valence-corrected chi connectivity index (χ0v) is 19.4. The number of rotatable bonds is 14. The minimum atomic E-state index is -0.402. The molecule has 2 aromatic carbocycles. The number of Topliss-reactive ketones (excluding diaryl/α,β-unsaturated/α-hetero) is 1. The summed E-state index contributed by atoms with van der Waals surface area (Å²) in [6, 6.07) is 7.60. The molecule has 0 fully saturated rings. The fourth-order valence-electron chi connectivity index (χ4n) is 3.82. The number of benzene rings is 2. The van der Waals surface area contributed by atoms with Crippen LogP contribution in [0.4, 0.5) is 0 Å². The molecule has 0 aliphatic carbocycles. The Kier molecular flexibility index (Phi) is 10.5. The Morgan fingerprint density at radius 1 is 0.818 bits per heavy atom. The summed E-state index contributed by atoms with van der Waals surface area (Å²) in [7, 11) is 1.42. The van der Waals surface area contributed by atoms with E-state index in [2.05, 4.69) is 0 Å². The van der Waals surface area contributed by atoms with Gasteiger partial charge in [0.05, 0.1) is 7.11 Å². The van der Waals surface area contributed by atoms with Crippen LogP contribution < -0.4 is 9.47 Å². The summed E-state index contributed by atoms with van der Waals surface area (Å²) in [5.74, 6) is -0.327. The second kappa shape index (κ2) is 13.4. The maximum atomic E-state index is 12.3. The van der Waals surface area contributed by atoms with E-state index in [0.29, 0.717) is 29.9 Å². The fraction of sp³-hybridized carbons (Fsp3) is 0.462. The van der Waals surface area contributed by atoms with Crippen molar-refractivity contribution in [3.05, 3.63) is 41.5 Å². The number of phenolic OH excluding ortho intramolecular Hbond substituents is 3. The summed E-state index contributed by atoms with van der Waals surface area (Å²) in [5, 5.41) is 30.0. The number of phenols is 3. The lowest BCUT2D eigenvalue weighted by atomic mass is 10.0. The molecule has 0 bridgehead atoms. The molecule has 0 unspecified atom stereocenters. The lowest BCUT2D eigenvalue weighted by Gasteiger charge is -2.10. The van der Waals surface area contributed by atoms with Gasteiger partial charge in [-0.15, -0.1) is 0 Å². The van der Waals surface area contributed by atoms with Crippen LogP contribution in [0.2, 0.25) is 0 Å². The number of aromatic hydroxyl groups is 3. The van der Waals surface area contributed by atoms with E-state index >= 15 is 0 Å². The minimum absolute atomic E-state index is 0.0443. The second-order valence-corrected chi connectivity index (χ2v) is 8.14. The third-order valence-corrected chi connectivity index (χ3v) is 5.53. The van der Waals surface area contributed by atoms with Gasteiger partial charge in [0.2, 0.25) is 0 Å². The fourth-order valence-corrected chi connectivity index (χ4v) is 3.82. The van der Waals surface area contributed by atoms with Gasteiger partial charge in [0.1, 0.15) is 34.3 Å².